The van der Waals surface area contributed by atoms with E-state index in [-0.39, 0.29) is 0 Å². The summed E-state index contributed by atoms with van der Waals surface area (Å²) in [6, 6.07) is 6.74. The van der Waals surface area contributed by atoms with Gasteiger partial charge in [-0.1, -0.05) is 13.8 Å². The van der Waals surface area contributed by atoms with Crippen molar-refractivity contribution in [3.8, 4) is 6.07 Å². The molecule has 1 aromatic rings. The van der Waals surface area contributed by atoms with Crippen LogP contribution in [0.3, 0.4) is 0 Å². The first-order valence-electron chi connectivity index (χ1n) is 4.84. The minimum Gasteiger partial charge on any atom is -0.309 e. The average molecular weight is 206 g/mol. The fourth-order valence-corrected chi connectivity index (χ4v) is 2.33. The molecule has 0 bridgehead atoms. The maximum atomic E-state index is 8.66. The van der Waals surface area contributed by atoms with Gasteiger partial charge in [0.1, 0.15) is 10.9 Å². The predicted octanol–water partition coefficient (Wildman–Crippen LogP) is 2.51. The smallest absolute Gasteiger partial charge is 0.110 e. The summed E-state index contributed by atoms with van der Waals surface area (Å²) >= 11 is 1.58. The fourth-order valence-electron chi connectivity index (χ4n) is 1.57. The highest BCUT2D eigenvalue weighted by Crippen LogP contribution is 2.44. The van der Waals surface area contributed by atoms with Crippen LogP contribution in [0.1, 0.15) is 30.0 Å². The van der Waals surface area contributed by atoms with Crippen LogP contribution in [-0.4, -0.2) is 6.04 Å². The second-order valence-corrected chi connectivity index (χ2v) is 5.67. The highest BCUT2D eigenvalue weighted by atomic mass is 32.1. The molecule has 1 aliphatic rings. The van der Waals surface area contributed by atoms with E-state index < -0.39 is 0 Å². The molecule has 1 saturated carbocycles. The number of hydrogen-bond acceptors (Lipinski definition) is 3. The molecule has 74 valence electrons. The van der Waals surface area contributed by atoms with Gasteiger partial charge in [0, 0.05) is 17.5 Å². The SMILES string of the molecule is CC1(C)CC1NCc1ccc(C#N)s1. The highest BCUT2D eigenvalue weighted by Gasteiger charge is 2.44. The largest absolute Gasteiger partial charge is 0.309 e. The van der Waals surface area contributed by atoms with Crippen LogP contribution in [0.25, 0.3) is 0 Å². The van der Waals surface area contributed by atoms with E-state index in [0.29, 0.717) is 11.5 Å². The summed E-state index contributed by atoms with van der Waals surface area (Å²) in [5.41, 5.74) is 0.481. The first kappa shape index (κ1) is 9.70. The maximum Gasteiger partial charge on any atom is 0.110 e. The summed E-state index contributed by atoms with van der Waals surface area (Å²) < 4.78 is 0. The Morgan fingerprint density at radius 1 is 1.64 bits per heavy atom. The van der Waals surface area contributed by atoms with Gasteiger partial charge in [-0.05, 0) is 24.0 Å². The molecule has 0 radical (unpaired) electrons. The van der Waals surface area contributed by atoms with Crippen molar-refractivity contribution in [2.45, 2.75) is 32.9 Å². The molecule has 2 rings (SSSR count). The standard InChI is InChI=1S/C11H14N2S/c1-11(2)5-10(11)13-7-9-4-3-8(6-12)14-9/h3-4,10,13H,5,7H2,1-2H3. The number of hydrogen-bond donors (Lipinski definition) is 1. The van der Waals surface area contributed by atoms with Gasteiger partial charge in [-0.15, -0.1) is 11.3 Å². The Kier molecular flexibility index (Phi) is 2.34. The van der Waals surface area contributed by atoms with Crippen LogP contribution in [0.2, 0.25) is 0 Å². The highest BCUT2D eigenvalue weighted by molar-refractivity contribution is 7.12. The molecule has 14 heavy (non-hydrogen) atoms. The van der Waals surface area contributed by atoms with Crippen molar-refractivity contribution in [1.29, 1.82) is 5.26 Å². The summed E-state index contributed by atoms with van der Waals surface area (Å²) in [4.78, 5) is 2.06. The van der Waals surface area contributed by atoms with Crippen molar-refractivity contribution >= 4 is 11.3 Å². The Morgan fingerprint density at radius 2 is 2.36 bits per heavy atom. The normalized spacial score (nSPS) is 23.1. The molecule has 1 aliphatic carbocycles. The van der Waals surface area contributed by atoms with E-state index in [1.165, 1.54) is 11.3 Å². The summed E-state index contributed by atoms with van der Waals surface area (Å²) in [5.74, 6) is 0. The van der Waals surface area contributed by atoms with Gasteiger partial charge in [0.05, 0.1) is 0 Å². The lowest BCUT2D eigenvalue weighted by molar-refractivity contribution is 0.544. The molecule has 2 nitrogen and oxygen atoms in total. The minimum atomic E-state index is 0.481. The average Bonchev–Trinajstić information content (AvgIpc) is 2.62. The zero-order valence-electron chi connectivity index (χ0n) is 8.50. The third-order valence-electron chi connectivity index (χ3n) is 2.81. The third kappa shape index (κ3) is 1.97. The zero-order valence-corrected chi connectivity index (χ0v) is 9.32. The van der Waals surface area contributed by atoms with Gasteiger partial charge in [-0.2, -0.15) is 5.26 Å². The Bertz CT molecular complexity index is 373. The quantitative estimate of drug-likeness (QED) is 0.824. The van der Waals surface area contributed by atoms with E-state index in [1.54, 1.807) is 11.3 Å². The van der Waals surface area contributed by atoms with E-state index in [0.717, 1.165) is 11.4 Å². The van der Waals surface area contributed by atoms with E-state index in [2.05, 4.69) is 25.2 Å². The molecule has 0 saturated heterocycles. The number of thiophene rings is 1. The van der Waals surface area contributed by atoms with Gasteiger partial charge in [-0.25, -0.2) is 0 Å². The van der Waals surface area contributed by atoms with Crippen molar-refractivity contribution in [2.75, 3.05) is 0 Å². The molecule has 1 heterocycles. The molecule has 1 N–H and O–H groups in total. The molecule has 0 aliphatic heterocycles. The third-order valence-corrected chi connectivity index (χ3v) is 3.80. The van der Waals surface area contributed by atoms with Crippen LogP contribution < -0.4 is 5.32 Å². The van der Waals surface area contributed by atoms with Crippen molar-refractivity contribution in [3.63, 3.8) is 0 Å². The van der Waals surface area contributed by atoms with E-state index >= 15 is 0 Å². The van der Waals surface area contributed by atoms with Crippen molar-refractivity contribution in [2.24, 2.45) is 5.41 Å². The first-order chi connectivity index (χ1) is 6.62. The molecule has 1 unspecified atom stereocenters. The molecule has 1 aromatic heterocycles. The van der Waals surface area contributed by atoms with Crippen LogP contribution in [0.4, 0.5) is 0 Å². The Hall–Kier alpha value is -0.850. The van der Waals surface area contributed by atoms with Crippen LogP contribution in [0.5, 0.6) is 0 Å². The summed E-state index contributed by atoms with van der Waals surface area (Å²) in [6.45, 7) is 5.46. The predicted molar refractivity (Wildman–Crippen MR) is 58.1 cm³/mol. The second kappa shape index (κ2) is 3.38. The van der Waals surface area contributed by atoms with Crippen LogP contribution in [0, 0.1) is 16.7 Å². The monoisotopic (exact) mass is 206 g/mol. The summed E-state index contributed by atoms with van der Waals surface area (Å²) in [7, 11) is 0. The van der Waals surface area contributed by atoms with Crippen LogP contribution in [-0.2, 0) is 6.54 Å². The zero-order chi connectivity index (χ0) is 10.2. The molecule has 1 fully saturated rings. The van der Waals surface area contributed by atoms with Crippen LogP contribution in [0.15, 0.2) is 12.1 Å². The first-order valence-corrected chi connectivity index (χ1v) is 5.66. The minimum absolute atomic E-state index is 0.481. The molecule has 1 atom stereocenters. The fraction of sp³-hybridized carbons (Fsp3) is 0.545. The van der Waals surface area contributed by atoms with Crippen molar-refractivity contribution in [1.82, 2.24) is 5.32 Å². The lowest BCUT2D eigenvalue weighted by Gasteiger charge is -2.04. The molecule has 0 amide bonds. The number of nitrogens with one attached hydrogen (secondary N) is 1. The van der Waals surface area contributed by atoms with Gasteiger partial charge in [-0.3, -0.25) is 0 Å². The van der Waals surface area contributed by atoms with Gasteiger partial charge < -0.3 is 5.32 Å². The number of rotatable bonds is 3. The second-order valence-electron chi connectivity index (χ2n) is 4.50. The number of nitrogens with zero attached hydrogens (tertiary/aromatic N) is 1. The van der Waals surface area contributed by atoms with E-state index in [4.69, 9.17) is 5.26 Å². The lowest BCUT2D eigenvalue weighted by Crippen LogP contribution is -2.19. The van der Waals surface area contributed by atoms with Gasteiger partial charge >= 0.3 is 0 Å². The van der Waals surface area contributed by atoms with Gasteiger partial charge in [0.15, 0.2) is 0 Å². The molecule has 3 heteroatoms. The van der Waals surface area contributed by atoms with Crippen LogP contribution >= 0.6 is 11.3 Å². The van der Waals surface area contributed by atoms with E-state index in [1.807, 2.05) is 12.1 Å². The molecular weight excluding hydrogens is 192 g/mol. The van der Waals surface area contributed by atoms with Gasteiger partial charge in [0.2, 0.25) is 0 Å². The molecular formula is C11H14N2S. The molecule has 0 spiro atoms. The van der Waals surface area contributed by atoms with Gasteiger partial charge in [0.25, 0.3) is 0 Å². The Morgan fingerprint density at radius 3 is 2.86 bits per heavy atom. The van der Waals surface area contributed by atoms with E-state index in [9.17, 15) is 0 Å². The summed E-state index contributed by atoms with van der Waals surface area (Å²) in [5, 5.41) is 12.2. The molecule has 0 aromatic carbocycles. The van der Waals surface area contributed by atoms with Crippen molar-refractivity contribution in [3.05, 3.63) is 21.9 Å². The summed E-state index contributed by atoms with van der Waals surface area (Å²) in [6.07, 6.45) is 1.27. The topological polar surface area (TPSA) is 35.8 Å². The Labute approximate surface area is 88.6 Å². The number of nitriles is 1. The Balaban J connectivity index is 1.85. The lowest BCUT2D eigenvalue weighted by atomic mass is 10.2. The van der Waals surface area contributed by atoms with Crippen molar-refractivity contribution < 1.29 is 0 Å². The maximum absolute atomic E-state index is 8.66.